The Labute approximate surface area is 107 Å². The van der Waals surface area contributed by atoms with Crippen LogP contribution in [-0.4, -0.2) is 44.9 Å². The molecule has 1 amide bonds. The highest BCUT2D eigenvalue weighted by molar-refractivity contribution is 7.90. The Morgan fingerprint density at radius 1 is 1.39 bits per heavy atom. The van der Waals surface area contributed by atoms with Crippen LogP contribution in [0.25, 0.3) is 0 Å². The van der Waals surface area contributed by atoms with Gasteiger partial charge in [0.25, 0.3) is 5.91 Å². The van der Waals surface area contributed by atoms with E-state index in [0.29, 0.717) is 24.3 Å². The van der Waals surface area contributed by atoms with Gasteiger partial charge in [0, 0.05) is 26.0 Å². The van der Waals surface area contributed by atoms with Crippen LogP contribution in [0.3, 0.4) is 0 Å². The molecular weight excluding hydrogens is 254 g/mol. The lowest BCUT2D eigenvalue weighted by atomic mass is 10.2. The Bertz CT molecular complexity index is 497. The first-order chi connectivity index (χ1) is 8.42. The van der Waals surface area contributed by atoms with Crippen molar-refractivity contribution < 1.29 is 13.2 Å². The largest absolute Gasteiger partial charge is 0.373 e. The van der Waals surface area contributed by atoms with Crippen molar-refractivity contribution in [1.82, 2.24) is 10.3 Å². The van der Waals surface area contributed by atoms with E-state index in [1.54, 1.807) is 19.2 Å². The van der Waals surface area contributed by atoms with Gasteiger partial charge in [-0.25, -0.2) is 13.4 Å². The third-order valence-corrected chi connectivity index (χ3v) is 3.29. The number of pyridine rings is 1. The van der Waals surface area contributed by atoms with Crippen molar-refractivity contribution in [2.75, 3.05) is 30.9 Å². The molecule has 0 aliphatic heterocycles. The lowest BCUT2D eigenvalue weighted by Crippen LogP contribution is -2.26. The molecule has 0 atom stereocenters. The van der Waals surface area contributed by atoms with Gasteiger partial charge in [-0.3, -0.25) is 4.79 Å². The summed E-state index contributed by atoms with van der Waals surface area (Å²) in [5, 5.41) is 5.50. The number of nitrogens with zero attached hydrogens (tertiary/aromatic N) is 1. The molecule has 0 fully saturated rings. The Balaban J connectivity index is 2.40. The molecule has 0 aliphatic rings. The maximum atomic E-state index is 11.6. The number of nitrogens with one attached hydrogen (secondary N) is 2. The molecule has 2 N–H and O–H groups in total. The van der Waals surface area contributed by atoms with Crippen LogP contribution in [0.5, 0.6) is 0 Å². The topological polar surface area (TPSA) is 88.2 Å². The fourth-order valence-electron chi connectivity index (χ4n) is 1.31. The third kappa shape index (κ3) is 5.13. The highest BCUT2D eigenvalue weighted by atomic mass is 32.2. The molecule has 18 heavy (non-hydrogen) atoms. The van der Waals surface area contributed by atoms with E-state index in [9.17, 15) is 13.2 Å². The Kier molecular flexibility index (Phi) is 5.08. The van der Waals surface area contributed by atoms with Gasteiger partial charge in [0.2, 0.25) is 0 Å². The first-order valence-electron chi connectivity index (χ1n) is 5.52. The maximum absolute atomic E-state index is 11.6. The lowest BCUT2D eigenvalue weighted by Gasteiger charge is -2.05. The zero-order valence-electron chi connectivity index (χ0n) is 10.4. The summed E-state index contributed by atoms with van der Waals surface area (Å²) >= 11 is 0. The van der Waals surface area contributed by atoms with Gasteiger partial charge in [0.15, 0.2) is 0 Å². The molecule has 1 rings (SSSR count). The number of anilines is 1. The molecule has 0 saturated carbocycles. The van der Waals surface area contributed by atoms with Crippen LogP contribution in [0.15, 0.2) is 18.3 Å². The third-order valence-electron chi connectivity index (χ3n) is 2.26. The summed E-state index contributed by atoms with van der Waals surface area (Å²) < 4.78 is 21.8. The zero-order chi connectivity index (χ0) is 13.6. The van der Waals surface area contributed by atoms with E-state index in [1.165, 1.54) is 12.5 Å². The average molecular weight is 271 g/mol. The molecule has 0 aromatic carbocycles. The van der Waals surface area contributed by atoms with Crippen LogP contribution in [0.2, 0.25) is 0 Å². The van der Waals surface area contributed by atoms with Crippen LogP contribution in [-0.2, 0) is 9.84 Å². The van der Waals surface area contributed by atoms with Crippen molar-refractivity contribution >= 4 is 21.6 Å². The number of hydrogen-bond acceptors (Lipinski definition) is 5. The molecule has 6 nitrogen and oxygen atoms in total. The molecule has 0 aliphatic carbocycles. The second-order valence-electron chi connectivity index (χ2n) is 3.92. The Morgan fingerprint density at radius 2 is 2.11 bits per heavy atom. The molecule has 1 aromatic heterocycles. The predicted molar refractivity (Wildman–Crippen MR) is 70.4 cm³/mol. The maximum Gasteiger partial charge on any atom is 0.252 e. The minimum atomic E-state index is -2.97. The number of amides is 1. The van der Waals surface area contributed by atoms with Gasteiger partial charge in [0.05, 0.1) is 11.3 Å². The molecule has 0 radical (unpaired) electrons. The fraction of sp³-hybridized carbons (Fsp3) is 0.455. The number of hydrogen-bond donors (Lipinski definition) is 2. The summed E-state index contributed by atoms with van der Waals surface area (Å²) in [6.45, 7) is 0.333. The predicted octanol–water partition coefficient (Wildman–Crippen LogP) is 0.288. The van der Waals surface area contributed by atoms with Crippen molar-refractivity contribution in [3.05, 3.63) is 23.9 Å². The molecule has 0 unspecified atom stereocenters. The van der Waals surface area contributed by atoms with E-state index >= 15 is 0 Å². The smallest absolute Gasteiger partial charge is 0.252 e. The van der Waals surface area contributed by atoms with Crippen molar-refractivity contribution in [3.8, 4) is 0 Å². The normalized spacial score (nSPS) is 11.0. The van der Waals surface area contributed by atoms with Crippen LogP contribution in [0.1, 0.15) is 16.8 Å². The second kappa shape index (κ2) is 6.34. The molecule has 100 valence electrons. The second-order valence-corrected chi connectivity index (χ2v) is 6.18. The van der Waals surface area contributed by atoms with E-state index in [1.807, 2.05) is 0 Å². The van der Waals surface area contributed by atoms with Gasteiger partial charge >= 0.3 is 0 Å². The van der Waals surface area contributed by atoms with Gasteiger partial charge < -0.3 is 10.6 Å². The van der Waals surface area contributed by atoms with E-state index in [4.69, 9.17) is 0 Å². The molecular formula is C11H17N3O3S. The quantitative estimate of drug-likeness (QED) is 0.726. The van der Waals surface area contributed by atoms with Crippen LogP contribution < -0.4 is 10.6 Å². The van der Waals surface area contributed by atoms with Crippen LogP contribution >= 0.6 is 0 Å². The van der Waals surface area contributed by atoms with Crippen LogP contribution in [0, 0.1) is 0 Å². The van der Waals surface area contributed by atoms with Gasteiger partial charge in [-0.2, -0.15) is 0 Å². The molecule has 0 bridgehead atoms. The van der Waals surface area contributed by atoms with Gasteiger partial charge in [-0.1, -0.05) is 0 Å². The highest BCUT2D eigenvalue weighted by Gasteiger charge is 2.06. The molecule has 1 aromatic rings. The Morgan fingerprint density at radius 3 is 2.61 bits per heavy atom. The van der Waals surface area contributed by atoms with Crippen molar-refractivity contribution in [2.24, 2.45) is 0 Å². The van der Waals surface area contributed by atoms with Gasteiger partial charge in [-0.05, 0) is 18.6 Å². The molecule has 0 saturated heterocycles. The number of aromatic nitrogens is 1. The van der Waals surface area contributed by atoms with E-state index in [0.717, 1.165) is 0 Å². The van der Waals surface area contributed by atoms with E-state index < -0.39 is 9.84 Å². The molecule has 0 spiro atoms. The molecule has 7 heteroatoms. The SMILES string of the molecule is CNc1ccc(C(=O)NCCCS(C)(=O)=O)cn1. The summed E-state index contributed by atoms with van der Waals surface area (Å²) in [5.41, 5.74) is 0.452. The number of rotatable bonds is 6. The molecule has 1 heterocycles. The number of carbonyl (C=O) groups is 1. The lowest BCUT2D eigenvalue weighted by molar-refractivity contribution is 0.0953. The first-order valence-corrected chi connectivity index (χ1v) is 7.58. The van der Waals surface area contributed by atoms with Crippen molar-refractivity contribution in [1.29, 1.82) is 0 Å². The minimum Gasteiger partial charge on any atom is -0.373 e. The Hall–Kier alpha value is -1.63. The summed E-state index contributed by atoms with van der Waals surface area (Å²) in [5.74, 6) is 0.506. The van der Waals surface area contributed by atoms with Crippen LogP contribution in [0.4, 0.5) is 5.82 Å². The average Bonchev–Trinajstić information content (AvgIpc) is 2.33. The minimum absolute atomic E-state index is 0.0736. The van der Waals surface area contributed by atoms with E-state index in [2.05, 4.69) is 15.6 Å². The van der Waals surface area contributed by atoms with Crippen molar-refractivity contribution in [2.45, 2.75) is 6.42 Å². The highest BCUT2D eigenvalue weighted by Crippen LogP contribution is 2.03. The van der Waals surface area contributed by atoms with Gasteiger partial charge in [-0.15, -0.1) is 0 Å². The summed E-state index contributed by atoms with van der Waals surface area (Å²) in [6.07, 6.45) is 3.06. The standard InChI is InChI=1S/C11H17N3O3S/c1-12-10-5-4-9(8-14-10)11(15)13-6-3-7-18(2,16)17/h4-5,8H,3,6-7H2,1-2H3,(H,12,14)(H,13,15). The summed E-state index contributed by atoms with van der Waals surface area (Å²) in [4.78, 5) is 15.7. The number of sulfone groups is 1. The van der Waals surface area contributed by atoms with Gasteiger partial charge in [0.1, 0.15) is 15.7 Å². The summed E-state index contributed by atoms with van der Waals surface area (Å²) in [7, 11) is -1.22. The first kappa shape index (κ1) is 14.4. The number of carbonyl (C=O) groups excluding carboxylic acids is 1. The monoisotopic (exact) mass is 271 g/mol. The van der Waals surface area contributed by atoms with Crippen molar-refractivity contribution in [3.63, 3.8) is 0 Å². The zero-order valence-corrected chi connectivity index (χ0v) is 11.3. The fourth-order valence-corrected chi connectivity index (χ4v) is 1.98. The van der Waals surface area contributed by atoms with E-state index in [-0.39, 0.29) is 11.7 Å². The summed E-state index contributed by atoms with van der Waals surface area (Å²) in [6, 6.07) is 3.36.